The summed E-state index contributed by atoms with van der Waals surface area (Å²) in [7, 11) is 0. The fraction of sp³-hybridized carbons (Fsp3) is 0.250. The van der Waals surface area contributed by atoms with Crippen molar-refractivity contribution in [1.29, 1.82) is 0 Å². The van der Waals surface area contributed by atoms with Gasteiger partial charge in [0.1, 0.15) is 5.54 Å². The highest BCUT2D eigenvalue weighted by atomic mass is 79.9. The number of carbonyl (C=O) groups is 2. The molecular formula is C16H16BrNO4. The van der Waals surface area contributed by atoms with Crippen molar-refractivity contribution in [1.82, 2.24) is 5.32 Å². The zero-order valence-corrected chi connectivity index (χ0v) is 13.6. The second-order valence-electron chi connectivity index (χ2n) is 4.98. The molecule has 2 aromatic rings. The fourth-order valence-corrected chi connectivity index (χ4v) is 2.44. The number of benzene rings is 1. The first-order chi connectivity index (χ1) is 10.5. The molecule has 1 heterocycles. The Hall–Kier alpha value is -2.08. The Bertz CT molecular complexity index is 651. The molecule has 6 heteroatoms. The van der Waals surface area contributed by atoms with E-state index in [1.807, 2.05) is 24.3 Å². The van der Waals surface area contributed by atoms with Gasteiger partial charge >= 0.3 is 5.97 Å². The van der Waals surface area contributed by atoms with E-state index in [0.717, 1.165) is 10.0 Å². The van der Waals surface area contributed by atoms with Gasteiger partial charge in [0.15, 0.2) is 5.76 Å². The van der Waals surface area contributed by atoms with Crippen molar-refractivity contribution < 1.29 is 19.1 Å². The normalized spacial score (nSPS) is 13.4. The highest BCUT2D eigenvalue weighted by Crippen LogP contribution is 2.21. The second-order valence-corrected chi connectivity index (χ2v) is 5.89. The molecule has 0 saturated carbocycles. The van der Waals surface area contributed by atoms with Crippen LogP contribution < -0.4 is 5.32 Å². The molecule has 116 valence electrons. The van der Waals surface area contributed by atoms with E-state index in [4.69, 9.17) is 4.42 Å². The third-order valence-corrected chi connectivity index (χ3v) is 4.06. The summed E-state index contributed by atoms with van der Waals surface area (Å²) in [6, 6.07) is 10.4. The summed E-state index contributed by atoms with van der Waals surface area (Å²) in [5.74, 6) is -1.51. The van der Waals surface area contributed by atoms with E-state index in [2.05, 4.69) is 21.2 Å². The van der Waals surface area contributed by atoms with Gasteiger partial charge in [0.25, 0.3) is 5.91 Å². The van der Waals surface area contributed by atoms with Gasteiger partial charge in [-0.15, -0.1) is 0 Å². The van der Waals surface area contributed by atoms with Crippen molar-refractivity contribution in [3.05, 3.63) is 58.5 Å². The molecule has 0 bridgehead atoms. The fourth-order valence-electron chi connectivity index (χ4n) is 2.18. The largest absolute Gasteiger partial charge is 0.479 e. The maximum absolute atomic E-state index is 12.2. The van der Waals surface area contributed by atoms with Crippen molar-refractivity contribution >= 4 is 27.8 Å². The molecule has 0 saturated heterocycles. The van der Waals surface area contributed by atoms with Crippen LogP contribution in [0.4, 0.5) is 0 Å². The molecule has 22 heavy (non-hydrogen) atoms. The molecule has 1 aromatic heterocycles. The van der Waals surface area contributed by atoms with Crippen LogP contribution in [-0.2, 0) is 11.2 Å². The highest BCUT2D eigenvalue weighted by Gasteiger charge is 2.39. The quantitative estimate of drug-likeness (QED) is 0.823. The maximum atomic E-state index is 12.2. The molecule has 0 spiro atoms. The third-order valence-electron chi connectivity index (χ3n) is 3.53. The van der Waals surface area contributed by atoms with Crippen LogP contribution in [0, 0.1) is 0 Å². The van der Waals surface area contributed by atoms with Crippen molar-refractivity contribution in [3.8, 4) is 0 Å². The van der Waals surface area contributed by atoms with E-state index in [1.165, 1.54) is 12.3 Å². The average molecular weight is 366 g/mol. The molecule has 5 nitrogen and oxygen atoms in total. The molecule has 2 rings (SSSR count). The number of halogens is 1. The molecule has 0 radical (unpaired) electrons. The zero-order chi connectivity index (χ0) is 16.2. The number of furan rings is 1. The Labute approximate surface area is 136 Å². The molecule has 1 aromatic carbocycles. The number of carboxylic acids is 1. The molecule has 0 aliphatic carbocycles. The smallest absolute Gasteiger partial charge is 0.329 e. The van der Waals surface area contributed by atoms with Gasteiger partial charge in [-0.25, -0.2) is 4.79 Å². The minimum absolute atomic E-state index is 0.0925. The van der Waals surface area contributed by atoms with Crippen LogP contribution in [0.1, 0.15) is 29.5 Å². The Balaban J connectivity index is 2.25. The highest BCUT2D eigenvalue weighted by molar-refractivity contribution is 9.10. The van der Waals surface area contributed by atoms with E-state index < -0.39 is 17.4 Å². The molecule has 1 amide bonds. The lowest BCUT2D eigenvalue weighted by atomic mass is 9.88. The zero-order valence-electron chi connectivity index (χ0n) is 12.0. The topological polar surface area (TPSA) is 79.5 Å². The van der Waals surface area contributed by atoms with Crippen LogP contribution in [0.25, 0.3) is 0 Å². The first kappa shape index (κ1) is 16.3. The Morgan fingerprint density at radius 1 is 1.27 bits per heavy atom. The van der Waals surface area contributed by atoms with Gasteiger partial charge in [0.05, 0.1) is 6.26 Å². The molecule has 0 aliphatic rings. The molecule has 0 aliphatic heterocycles. The number of carbonyl (C=O) groups excluding carboxylic acids is 1. The monoisotopic (exact) mass is 365 g/mol. The Morgan fingerprint density at radius 2 is 1.95 bits per heavy atom. The first-order valence-electron chi connectivity index (χ1n) is 6.81. The molecule has 2 N–H and O–H groups in total. The summed E-state index contributed by atoms with van der Waals surface area (Å²) in [5.41, 5.74) is -0.551. The van der Waals surface area contributed by atoms with Gasteiger partial charge in [-0.3, -0.25) is 4.79 Å². The van der Waals surface area contributed by atoms with Crippen molar-refractivity contribution in [2.75, 3.05) is 0 Å². The lowest BCUT2D eigenvalue weighted by Crippen LogP contribution is -2.55. The van der Waals surface area contributed by atoms with Gasteiger partial charge in [-0.05, 0) is 36.2 Å². The van der Waals surface area contributed by atoms with E-state index in [-0.39, 0.29) is 18.6 Å². The van der Waals surface area contributed by atoms with Crippen molar-refractivity contribution in [2.45, 2.75) is 25.3 Å². The number of carboxylic acid groups (broad SMARTS) is 1. The van der Waals surface area contributed by atoms with E-state index in [0.29, 0.717) is 0 Å². The summed E-state index contributed by atoms with van der Waals surface area (Å²) in [4.78, 5) is 23.9. The van der Waals surface area contributed by atoms with E-state index in [9.17, 15) is 14.7 Å². The average Bonchev–Trinajstić information content (AvgIpc) is 3.03. The molecular weight excluding hydrogens is 350 g/mol. The number of aliphatic carboxylic acids is 1. The summed E-state index contributed by atoms with van der Waals surface area (Å²) in [6.07, 6.45) is 1.82. The third kappa shape index (κ3) is 3.57. The number of nitrogens with one attached hydrogen (secondary N) is 1. The predicted molar refractivity (Wildman–Crippen MR) is 84.7 cm³/mol. The molecule has 1 atom stereocenters. The van der Waals surface area contributed by atoms with Crippen LogP contribution in [-0.4, -0.2) is 22.5 Å². The van der Waals surface area contributed by atoms with Gasteiger partial charge in [0.2, 0.25) is 0 Å². The Morgan fingerprint density at radius 3 is 2.45 bits per heavy atom. The molecule has 0 unspecified atom stereocenters. The SMILES string of the molecule is CC[C@@](Cc1ccc(Br)cc1)(NC(=O)c1ccco1)C(=O)O. The molecule has 0 fully saturated rings. The van der Waals surface area contributed by atoms with Gasteiger partial charge in [0, 0.05) is 10.9 Å². The van der Waals surface area contributed by atoms with Crippen molar-refractivity contribution in [2.24, 2.45) is 0 Å². The van der Waals surface area contributed by atoms with E-state index in [1.54, 1.807) is 13.0 Å². The van der Waals surface area contributed by atoms with Gasteiger partial charge in [-0.1, -0.05) is 35.0 Å². The van der Waals surface area contributed by atoms with Crippen LogP contribution in [0.2, 0.25) is 0 Å². The number of amides is 1. The summed E-state index contributed by atoms with van der Waals surface area (Å²) in [5, 5.41) is 12.2. The lowest BCUT2D eigenvalue weighted by Gasteiger charge is -2.29. The Kier molecular flexibility index (Phi) is 5.03. The standard InChI is InChI=1S/C16H16BrNO4/c1-2-16(15(20)21,10-11-5-7-12(17)8-6-11)18-14(19)13-4-3-9-22-13/h3-9H,2,10H2,1H3,(H,18,19)(H,20,21)/t16-/m0/s1. The number of hydrogen-bond donors (Lipinski definition) is 2. The second kappa shape index (κ2) is 6.79. The lowest BCUT2D eigenvalue weighted by molar-refractivity contribution is -0.144. The predicted octanol–water partition coefficient (Wildman–Crippen LogP) is 3.25. The maximum Gasteiger partial charge on any atom is 0.329 e. The van der Waals surface area contributed by atoms with Crippen LogP contribution in [0.15, 0.2) is 51.6 Å². The minimum atomic E-state index is -1.38. The van der Waals surface area contributed by atoms with Crippen molar-refractivity contribution in [3.63, 3.8) is 0 Å². The summed E-state index contributed by atoms with van der Waals surface area (Å²) < 4.78 is 5.93. The van der Waals surface area contributed by atoms with Crippen LogP contribution >= 0.6 is 15.9 Å². The first-order valence-corrected chi connectivity index (χ1v) is 7.60. The minimum Gasteiger partial charge on any atom is -0.479 e. The summed E-state index contributed by atoms with van der Waals surface area (Å²) >= 11 is 3.34. The number of rotatable bonds is 6. The van der Waals surface area contributed by atoms with Crippen LogP contribution in [0.3, 0.4) is 0 Å². The van der Waals surface area contributed by atoms with E-state index >= 15 is 0 Å². The summed E-state index contributed by atoms with van der Waals surface area (Å²) in [6.45, 7) is 1.73. The van der Waals surface area contributed by atoms with Gasteiger partial charge in [-0.2, -0.15) is 0 Å². The van der Waals surface area contributed by atoms with Gasteiger partial charge < -0.3 is 14.8 Å². The number of hydrogen-bond acceptors (Lipinski definition) is 3. The van der Waals surface area contributed by atoms with Crippen LogP contribution in [0.5, 0.6) is 0 Å².